The van der Waals surface area contributed by atoms with E-state index in [1.165, 1.54) is 4.90 Å². The minimum absolute atomic E-state index is 0.280. The van der Waals surface area contributed by atoms with E-state index < -0.39 is 76.0 Å². The predicted octanol–water partition coefficient (Wildman–Crippen LogP) is 1.17. The van der Waals surface area contributed by atoms with Gasteiger partial charge in [0.2, 0.25) is 11.8 Å². The molecule has 0 aromatic carbocycles. The summed E-state index contributed by atoms with van der Waals surface area (Å²) in [5, 5.41) is 36.5. The predicted molar refractivity (Wildman–Crippen MR) is 159 cm³/mol. The van der Waals surface area contributed by atoms with E-state index in [1.54, 1.807) is 44.3 Å². The molecule has 4 atom stereocenters. The lowest BCUT2D eigenvalue weighted by Gasteiger charge is -2.36. The number of carbonyl (C=O) groups excluding carboxylic acids is 4. The summed E-state index contributed by atoms with van der Waals surface area (Å²) in [4.78, 5) is 54.6. The standard InChI is InChI=1S/C27H48N4O8S2/c1-8-10-16(19(34)22(36)28-14-18(32)33)29-21(35)17-13-27(40-11-9-12-41-27)15-31(17)23(37)20(25(2,3)4)30-24(38)39-26(5,6)7/h16-20,32-34H,8-15H2,1-7H3,(H,28,36)(H,29,35)(H,30,38). The third-order valence-electron chi connectivity index (χ3n) is 6.71. The zero-order valence-electron chi connectivity index (χ0n) is 25.2. The van der Waals surface area contributed by atoms with Gasteiger partial charge in [0.1, 0.15) is 17.7 Å². The number of nitrogens with one attached hydrogen (secondary N) is 3. The molecule has 1 spiro atoms. The molecule has 4 amide bonds. The van der Waals surface area contributed by atoms with Gasteiger partial charge >= 0.3 is 6.09 Å². The van der Waals surface area contributed by atoms with E-state index in [9.17, 15) is 24.3 Å². The van der Waals surface area contributed by atoms with Crippen molar-refractivity contribution < 1.29 is 39.2 Å². The highest BCUT2D eigenvalue weighted by atomic mass is 32.2. The highest BCUT2D eigenvalue weighted by Crippen LogP contribution is 2.50. The van der Waals surface area contributed by atoms with Gasteiger partial charge in [0.15, 0.2) is 12.4 Å². The average molecular weight is 621 g/mol. The Morgan fingerprint density at radius 3 is 2.15 bits per heavy atom. The number of rotatable bonds is 10. The van der Waals surface area contributed by atoms with Gasteiger partial charge in [-0.2, -0.15) is 0 Å². The molecule has 6 N–H and O–H groups in total. The van der Waals surface area contributed by atoms with Crippen LogP contribution < -0.4 is 16.0 Å². The fourth-order valence-electron chi connectivity index (χ4n) is 4.75. The van der Waals surface area contributed by atoms with Gasteiger partial charge in [0.25, 0.3) is 5.91 Å². The first-order chi connectivity index (χ1) is 18.9. The number of hydrogen-bond acceptors (Lipinski definition) is 10. The second-order valence-electron chi connectivity index (χ2n) is 12.7. The van der Waals surface area contributed by atoms with Crippen LogP contribution in [0.25, 0.3) is 0 Å². The van der Waals surface area contributed by atoms with Crippen LogP contribution in [0.3, 0.4) is 0 Å². The van der Waals surface area contributed by atoms with Gasteiger partial charge in [0, 0.05) is 13.0 Å². The van der Waals surface area contributed by atoms with Crippen LogP contribution in [0.15, 0.2) is 0 Å². The monoisotopic (exact) mass is 620 g/mol. The summed E-state index contributed by atoms with van der Waals surface area (Å²) < 4.78 is 5.03. The topological polar surface area (TPSA) is 178 Å². The SMILES string of the molecule is CCCC(NC(=O)C1CC2(CN1C(=O)C(NC(=O)OC(C)(C)C)C(C)(C)C)SCCCS2)C(O)C(=O)NCC(O)O. The quantitative estimate of drug-likeness (QED) is 0.194. The van der Waals surface area contributed by atoms with Crippen molar-refractivity contribution in [3.8, 4) is 0 Å². The van der Waals surface area contributed by atoms with Crippen LogP contribution in [0.1, 0.15) is 74.1 Å². The number of alkyl carbamates (subject to hydrolysis) is 1. The zero-order chi connectivity index (χ0) is 31.2. The Bertz CT molecular complexity index is 931. The molecule has 2 aliphatic heterocycles. The Kier molecular flexibility index (Phi) is 12.6. The number of thioether (sulfide) groups is 2. The fourth-order valence-corrected chi connectivity index (χ4v) is 8.10. The fraction of sp³-hybridized carbons (Fsp3) is 0.852. The van der Waals surface area contributed by atoms with Gasteiger partial charge < -0.3 is 40.9 Å². The van der Waals surface area contributed by atoms with Crippen LogP contribution in [-0.4, -0.2) is 109 Å². The van der Waals surface area contributed by atoms with Crippen molar-refractivity contribution in [1.82, 2.24) is 20.9 Å². The van der Waals surface area contributed by atoms with E-state index in [1.807, 2.05) is 27.7 Å². The highest BCUT2D eigenvalue weighted by Gasteiger charge is 2.53. The van der Waals surface area contributed by atoms with Gasteiger partial charge in [-0.05, 0) is 50.5 Å². The molecule has 0 aromatic heterocycles. The minimum atomic E-state index is -1.78. The molecular formula is C27H48N4O8S2. The number of nitrogens with zero attached hydrogens (tertiary/aromatic N) is 1. The summed E-state index contributed by atoms with van der Waals surface area (Å²) in [6, 6.07) is -2.82. The summed E-state index contributed by atoms with van der Waals surface area (Å²) in [5.41, 5.74) is -1.46. The summed E-state index contributed by atoms with van der Waals surface area (Å²) >= 11 is 3.44. The summed E-state index contributed by atoms with van der Waals surface area (Å²) in [6.07, 6.45) is -1.92. The molecule has 41 heavy (non-hydrogen) atoms. The molecule has 4 unspecified atom stereocenters. The number of hydrogen-bond donors (Lipinski definition) is 6. The van der Waals surface area contributed by atoms with Gasteiger partial charge in [-0.3, -0.25) is 14.4 Å². The molecule has 2 heterocycles. The molecule has 0 aliphatic carbocycles. The molecule has 12 nitrogen and oxygen atoms in total. The van der Waals surface area contributed by atoms with Crippen molar-refractivity contribution >= 4 is 47.3 Å². The largest absolute Gasteiger partial charge is 0.444 e. The second kappa shape index (κ2) is 14.6. The molecular weight excluding hydrogens is 572 g/mol. The van der Waals surface area contributed by atoms with E-state index in [2.05, 4.69) is 16.0 Å². The Hall–Kier alpha value is -1.74. The number of ether oxygens (including phenoxy) is 1. The maximum atomic E-state index is 14.1. The molecule has 2 saturated heterocycles. The molecule has 0 saturated carbocycles. The molecule has 2 fully saturated rings. The first-order valence-electron chi connectivity index (χ1n) is 14.1. The number of carbonyl (C=O) groups is 4. The average Bonchev–Trinajstić information content (AvgIpc) is 3.22. The van der Waals surface area contributed by atoms with Crippen molar-refractivity contribution in [3.63, 3.8) is 0 Å². The molecule has 0 radical (unpaired) electrons. The smallest absolute Gasteiger partial charge is 0.408 e. The van der Waals surface area contributed by atoms with Crippen LogP contribution in [0.4, 0.5) is 4.79 Å². The Labute approximate surface area is 251 Å². The molecule has 0 aromatic rings. The van der Waals surface area contributed by atoms with Crippen LogP contribution in [0.5, 0.6) is 0 Å². The number of likely N-dealkylation sites (tertiary alicyclic amines) is 1. The van der Waals surface area contributed by atoms with Crippen molar-refractivity contribution in [2.45, 2.75) is 114 Å². The van der Waals surface area contributed by atoms with Crippen LogP contribution in [0, 0.1) is 5.41 Å². The van der Waals surface area contributed by atoms with Crippen LogP contribution in [-0.2, 0) is 19.1 Å². The number of amides is 4. The van der Waals surface area contributed by atoms with Gasteiger partial charge in [-0.15, -0.1) is 23.5 Å². The lowest BCUT2D eigenvalue weighted by molar-refractivity contribution is -0.143. The van der Waals surface area contributed by atoms with E-state index in [0.29, 0.717) is 19.4 Å². The Morgan fingerprint density at radius 2 is 1.63 bits per heavy atom. The van der Waals surface area contributed by atoms with Gasteiger partial charge in [-0.1, -0.05) is 34.1 Å². The summed E-state index contributed by atoms with van der Waals surface area (Å²) in [7, 11) is 0. The van der Waals surface area contributed by atoms with Crippen molar-refractivity contribution in [2.75, 3.05) is 24.6 Å². The molecule has 2 rings (SSSR count). The van der Waals surface area contributed by atoms with Crippen LogP contribution in [0.2, 0.25) is 0 Å². The number of aliphatic hydroxyl groups excluding tert-OH is 2. The third kappa shape index (κ3) is 10.5. The molecule has 14 heteroatoms. The minimum Gasteiger partial charge on any atom is -0.444 e. The highest BCUT2D eigenvalue weighted by molar-refractivity contribution is 8.18. The van der Waals surface area contributed by atoms with Gasteiger partial charge in [0.05, 0.1) is 16.7 Å². The lowest BCUT2D eigenvalue weighted by Crippen LogP contribution is -2.59. The third-order valence-corrected chi connectivity index (χ3v) is 10.0. The second-order valence-corrected chi connectivity index (χ2v) is 15.9. The first kappa shape index (κ1) is 35.5. The molecule has 0 bridgehead atoms. The van der Waals surface area contributed by atoms with E-state index in [0.717, 1.165) is 17.9 Å². The lowest BCUT2D eigenvalue weighted by atomic mass is 9.85. The van der Waals surface area contributed by atoms with E-state index in [4.69, 9.17) is 14.9 Å². The van der Waals surface area contributed by atoms with Crippen molar-refractivity contribution in [3.05, 3.63) is 0 Å². The van der Waals surface area contributed by atoms with Gasteiger partial charge in [-0.25, -0.2) is 4.79 Å². The maximum Gasteiger partial charge on any atom is 0.408 e. The summed E-state index contributed by atoms with van der Waals surface area (Å²) in [5.74, 6) is 0.0429. The maximum absolute atomic E-state index is 14.1. The number of aliphatic hydroxyl groups is 3. The Balaban J connectivity index is 2.33. The van der Waals surface area contributed by atoms with Crippen molar-refractivity contribution in [1.29, 1.82) is 0 Å². The van der Waals surface area contributed by atoms with E-state index in [-0.39, 0.29) is 6.42 Å². The normalized spacial score (nSPS) is 21.2. The zero-order valence-corrected chi connectivity index (χ0v) is 26.8. The molecule has 236 valence electrons. The Morgan fingerprint density at radius 1 is 1.02 bits per heavy atom. The molecule has 2 aliphatic rings. The van der Waals surface area contributed by atoms with E-state index >= 15 is 0 Å². The summed E-state index contributed by atoms with van der Waals surface area (Å²) in [6.45, 7) is 12.4. The van der Waals surface area contributed by atoms with Crippen LogP contribution >= 0.6 is 23.5 Å². The van der Waals surface area contributed by atoms with Crippen molar-refractivity contribution in [2.24, 2.45) is 5.41 Å². The first-order valence-corrected chi connectivity index (χ1v) is 16.1.